The Morgan fingerprint density at radius 2 is 1.70 bits per heavy atom. The lowest BCUT2D eigenvalue weighted by molar-refractivity contribution is 0.274. The van der Waals surface area contributed by atoms with Gasteiger partial charge in [-0.05, 0) is 42.0 Å². The molecule has 1 aliphatic rings. The third-order valence-electron chi connectivity index (χ3n) is 4.31. The van der Waals surface area contributed by atoms with Crippen LogP contribution in [0.5, 0.6) is 5.75 Å². The van der Waals surface area contributed by atoms with Crippen LogP contribution in [0.25, 0.3) is 0 Å². The molecule has 3 atom stereocenters. The van der Waals surface area contributed by atoms with E-state index in [2.05, 4.69) is 0 Å². The third-order valence-corrected chi connectivity index (χ3v) is 6.85. The van der Waals surface area contributed by atoms with E-state index in [1.165, 1.54) is 12.1 Å². The highest BCUT2D eigenvalue weighted by Crippen LogP contribution is 2.53. The van der Waals surface area contributed by atoms with Gasteiger partial charge in [-0.1, -0.05) is 23.7 Å². The summed E-state index contributed by atoms with van der Waals surface area (Å²) in [5.74, 6) is 0.225. The molecule has 0 bridgehead atoms. The van der Waals surface area contributed by atoms with Crippen molar-refractivity contribution < 1.29 is 18.3 Å². The van der Waals surface area contributed by atoms with E-state index < -0.39 is 15.1 Å². The Morgan fingerprint density at radius 3 is 2.22 bits per heavy atom. The quantitative estimate of drug-likeness (QED) is 0.898. The number of ether oxygens (including phenoxy) is 1. The molecule has 2 aromatic rings. The summed E-state index contributed by atoms with van der Waals surface area (Å²) >= 11 is 5.82. The van der Waals surface area contributed by atoms with E-state index in [0.29, 0.717) is 10.8 Å². The molecule has 1 fully saturated rings. The number of halogens is 1. The van der Waals surface area contributed by atoms with Gasteiger partial charge in [0.1, 0.15) is 5.75 Å². The van der Waals surface area contributed by atoms with Gasteiger partial charge in [-0.15, -0.1) is 0 Å². The normalized spacial score (nSPS) is 23.5. The molecule has 4 nitrogen and oxygen atoms in total. The third kappa shape index (κ3) is 2.96. The van der Waals surface area contributed by atoms with Crippen LogP contribution in [-0.4, -0.2) is 32.5 Å². The lowest BCUT2D eigenvalue weighted by Gasteiger charge is -2.05. The monoisotopic (exact) mass is 352 g/mol. The molecule has 1 saturated carbocycles. The molecular formula is C17H17ClO4S. The summed E-state index contributed by atoms with van der Waals surface area (Å²) in [6, 6.07) is 13.4. The first-order valence-corrected chi connectivity index (χ1v) is 9.15. The van der Waals surface area contributed by atoms with Crippen molar-refractivity contribution in [3.05, 3.63) is 59.1 Å². The van der Waals surface area contributed by atoms with Crippen LogP contribution in [0.4, 0.5) is 0 Å². The number of hydrogen-bond donors (Lipinski definition) is 1. The second-order valence-electron chi connectivity index (χ2n) is 5.61. The van der Waals surface area contributed by atoms with E-state index in [-0.39, 0.29) is 23.3 Å². The zero-order valence-electron chi connectivity index (χ0n) is 12.5. The minimum atomic E-state index is -3.51. The molecule has 0 saturated heterocycles. The minimum Gasteiger partial charge on any atom is -0.497 e. The largest absolute Gasteiger partial charge is 0.497 e. The predicted molar refractivity (Wildman–Crippen MR) is 88.7 cm³/mol. The van der Waals surface area contributed by atoms with Crippen LogP contribution in [-0.2, 0) is 9.84 Å². The lowest BCUT2D eigenvalue weighted by Crippen LogP contribution is -2.11. The Balaban J connectivity index is 1.90. The van der Waals surface area contributed by atoms with Gasteiger partial charge in [-0.3, -0.25) is 0 Å². The van der Waals surface area contributed by atoms with Gasteiger partial charge < -0.3 is 9.84 Å². The summed E-state index contributed by atoms with van der Waals surface area (Å²) in [7, 11) is -1.93. The van der Waals surface area contributed by atoms with Crippen LogP contribution in [0.2, 0.25) is 5.02 Å². The number of aliphatic hydroxyl groups excluding tert-OH is 1. The second-order valence-corrected chi connectivity index (χ2v) is 8.15. The van der Waals surface area contributed by atoms with Crippen LogP contribution < -0.4 is 4.74 Å². The Kier molecular flexibility index (Phi) is 4.36. The summed E-state index contributed by atoms with van der Waals surface area (Å²) in [5, 5.41) is 9.43. The number of rotatable bonds is 5. The van der Waals surface area contributed by atoms with E-state index in [4.69, 9.17) is 16.3 Å². The standard InChI is InChI=1S/C17H17ClO4S/c1-22-13-6-2-11(3-7-13)16-15(10-19)17(16)23(20,21)14-8-4-12(18)5-9-14/h2-9,15-17,19H,10H2,1H3/t15-,16+,17+/m1/s1. The molecule has 23 heavy (non-hydrogen) atoms. The van der Waals surface area contributed by atoms with Gasteiger partial charge in [-0.25, -0.2) is 8.42 Å². The Hall–Kier alpha value is -1.56. The number of methoxy groups -OCH3 is 1. The van der Waals surface area contributed by atoms with Crippen molar-refractivity contribution in [2.45, 2.75) is 16.1 Å². The fourth-order valence-electron chi connectivity index (χ4n) is 3.03. The van der Waals surface area contributed by atoms with Gasteiger partial charge in [0, 0.05) is 23.5 Å². The van der Waals surface area contributed by atoms with Crippen molar-refractivity contribution >= 4 is 21.4 Å². The van der Waals surface area contributed by atoms with Crippen molar-refractivity contribution in [3.8, 4) is 5.75 Å². The molecule has 3 rings (SSSR count). The Morgan fingerprint density at radius 1 is 1.09 bits per heavy atom. The summed E-state index contributed by atoms with van der Waals surface area (Å²) in [6.07, 6.45) is 0. The molecule has 0 radical (unpaired) electrons. The Labute approximate surface area is 140 Å². The highest BCUT2D eigenvalue weighted by Gasteiger charge is 2.58. The zero-order chi connectivity index (χ0) is 16.6. The first kappa shape index (κ1) is 16.3. The molecule has 1 aliphatic carbocycles. The fourth-order valence-corrected chi connectivity index (χ4v) is 5.35. The SMILES string of the molecule is COc1ccc([C@H]2[C@@H](CO)[C@@H]2S(=O)(=O)c2ccc(Cl)cc2)cc1. The summed E-state index contributed by atoms with van der Waals surface area (Å²) < 4.78 is 30.7. The van der Waals surface area contributed by atoms with Gasteiger partial charge in [0.25, 0.3) is 0 Å². The lowest BCUT2D eigenvalue weighted by atomic mass is 10.1. The van der Waals surface area contributed by atoms with E-state index in [1.54, 1.807) is 31.4 Å². The van der Waals surface area contributed by atoms with Crippen molar-refractivity contribution in [1.29, 1.82) is 0 Å². The second kappa shape index (κ2) is 6.15. The molecule has 0 heterocycles. The maximum atomic E-state index is 12.8. The van der Waals surface area contributed by atoms with Gasteiger partial charge in [0.15, 0.2) is 9.84 Å². The summed E-state index contributed by atoms with van der Waals surface area (Å²) in [4.78, 5) is 0.237. The number of sulfone groups is 1. The van der Waals surface area contributed by atoms with Crippen molar-refractivity contribution in [1.82, 2.24) is 0 Å². The first-order chi connectivity index (χ1) is 11.0. The van der Waals surface area contributed by atoms with Crippen LogP contribution in [0.3, 0.4) is 0 Å². The molecule has 2 aromatic carbocycles. The average Bonchev–Trinajstić information content (AvgIpc) is 3.31. The smallest absolute Gasteiger partial charge is 0.182 e. The highest BCUT2D eigenvalue weighted by atomic mass is 35.5. The van der Waals surface area contributed by atoms with E-state index in [1.807, 2.05) is 12.1 Å². The van der Waals surface area contributed by atoms with Crippen molar-refractivity contribution in [3.63, 3.8) is 0 Å². The number of hydrogen-bond acceptors (Lipinski definition) is 4. The fraction of sp³-hybridized carbons (Fsp3) is 0.294. The summed E-state index contributed by atoms with van der Waals surface area (Å²) in [6.45, 7) is -0.159. The molecule has 0 spiro atoms. The highest BCUT2D eigenvalue weighted by molar-refractivity contribution is 7.92. The molecule has 0 aromatic heterocycles. The molecule has 0 unspecified atom stereocenters. The average molecular weight is 353 g/mol. The van der Waals surface area contributed by atoms with Gasteiger partial charge >= 0.3 is 0 Å². The maximum absolute atomic E-state index is 12.8. The predicted octanol–water partition coefficient (Wildman–Crippen LogP) is 2.90. The molecule has 122 valence electrons. The number of aliphatic hydroxyl groups is 1. The minimum absolute atomic E-state index is 0.159. The molecule has 1 N–H and O–H groups in total. The van der Waals surface area contributed by atoms with Crippen LogP contribution in [0.1, 0.15) is 11.5 Å². The van der Waals surface area contributed by atoms with E-state index in [0.717, 1.165) is 5.56 Å². The van der Waals surface area contributed by atoms with Crippen LogP contribution >= 0.6 is 11.6 Å². The number of benzene rings is 2. The molecule has 6 heteroatoms. The van der Waals surface area contributed by atoms with E-state index in [9.17, 15) is 13.5 Å². The van der Waals surface area contributed by atoms with Crippen molar-refractivity contribution in [2.24, 2.45) is 5.92 Å². The van der Waals surface area contributed by atoms with Crippen molar-refractivity contribution in [2.75, 3.05) is 13.7 Å². The Bertz CT molecular complexity index is 784. The zero-order valence-corrected chi connectivity index (χ0v) is 14.1. The first-order valence-electron chi connectivity index (χ1n) is 7.23. The van der Waals surface area contributed by atoms with Crippen LogP contribution in [0.15, 0.2) is 53.4 Å². The molecule has 0 aliphatic heterocycles. The van der Waals surface area contributed by atoms with Gasteiger partial charge in [0.2, 0.25) is 0 Å². The van der Waals surface area contributed by atoms with E-state index >= 15 is 0 Å². The summed E-state index contributed by atoms with van der Waals surface area (Å²) in [5.41, 5.74) is 0.896. The molecular weight excluding hydrogens is 336 g/mol. The van der Waals surface area contributed by atoms with Gasteiger partial charge in [0.05, 0.1) is 17.3 Å². The van der Waals surface area contributed by atoms with Crippen LogP contribution in [0, 0.1) is 5.92 Å². The van der Waals surface area contributed by atoms with Gasteiger partial charge in [-0.2, -0.15) is 0 Å². The molecule has 0 amide bonds. The maximum Gasteiger partial charge on any atom is 0.182 e. The topological polar surface area (TPSA) is 63.6 Å².